The summed E-state index contributed by atoms with van der Waals surface area (Å²) < 4.78 is 60.3. The third kappa shape index (κ3) is 11.4. The molecule has 11 nitrogen and oxygen atoms in total. The highest BCUT2D eigenvalue weighted by Gasteiger charge is 2.36. The Morgan fingerprint density at radius 1 is 0.882 bits per heavy atom. The summed E-state index contributed by atoms with van der Waals surface area (Å²) in [6.07, 6.45) is -0.334. The Morgan fingerprint density at radius 2 is 1.43 bits per heavy atom. The Kier molecular flexibility index (Phi) is 12.7. The summed E-state index contributed by atoms with van der Waals surface area (Å²) in [6.45, 7) is 10.0. The molecule has 276 valence electrons. The number of nitrogens with zero attached hydrogens (tertiary/aromatic N) is 2. The highest BCUT2D eigenvalue weighted by atomic mass is 19.1. The maximum absolute atomic E-state index is 15.4. The lowest BCUT2D eigenvalue weighted by Gasteiger charge is -2.38. The maximum Gasteiger partial charge on any atom is 0.410 e. The zero-order valence-corrected chi connectivity index (χ0v) is 29.5. The van der Waals surface area contributed by atoms with Crippen LogP contribution in [0.1, 0.15) is 70.6 Å². The fourth-order valence-electron chi connectivity index (χ4n) is 5.65. The lowest BCUT2D eigenvalue weighted by atomic mass is 9.84. The number of nitrogens with one attached hydrogen (secondary N) is 2. The van der Waals surface area contributed by atoms with Crippen LogP contribution in [0.2, 0.25) is 0 Å². The molecule has 3 aromatic rings. The van der Waals surface area contributed by atoms with Crippen molar-refractivity contribution < 1.29 is 46.9 Å². The van der Waals surface area contributed by atoms with Crippen molar-refractivity contribution in [3.63, 3.8) is 0 Å². The lowest BCUT2D eigenvalue weighted by Crippen LogP contribution is -2.52. The number of pyridine rings is 1. The Bertz CT molecular complexity index is 1620. The van der Waals surface area contributed by atoms with Crippen LogP contribution < -0.4 is 10.6 Å². The van der Waals surface area contributed by atoms with Crippen molar-refractivity contribution >= 4 is 23.8 Å². The van der Waals surface area contributed by atoms with Crippen molar-refractivity contribution in [2.45, 2.75) is 89.8 Å². The van der Waals surface area contributed by atoms with Gasteiger partial charge in [0.2, 0.25) is 5.91 Å². The highest BCUT2D eigenvalue weighted by molar-refractivity contribution is 5.98. The van der Waals surface area contributed by atoms with Crippen molar-refractivity contribution in [3.8, 4) is 0 Å². The Labute approximate surface area is 295 Å². The van der Waals surface area contributed by atoms with Gasteiger partial charge < -0.3 is 34.9 Å². The van der Waals surface area contributed by atoms with E-state index >= 15 is 4.39 Å². The molecule has 1 aromatic heterocycles. The number of morpholine rings is 1. The van der Waals surface area contributed by atoms with Crippen LogP contribution in [0.3, 0.4) is 0 Å². The molecule has 4 rings (SSSR count). The molecule has 51 heavy (non-hydrogen) atoms. The number of hydrogen-bond donors (Lipinski definition) is 3. The molecule has 0 bridgehead atoms. The minimum absolute atomic E-state index is 0.00599. The number of aromatic nitrogens is 1. The van der Waals surface area contributed by atoms with Crippen LogP contribution in [-0.2, 0) is 25.4 Å². The van der Waals surface area contributed by atoms with E-state index in [1.165, 1.54) is 59.6 Å². The number of rotatable bonds is 10. The van der Waals surface area contributed by atoms with Crippen LogP contribution in [0.25, 0.3) is 0 Å². The first kappa shape index (κ1) is 39.1. The molecule has 3 N–H and O–H groups in total. The number of carbonyl (C=O) groups excluding carboxylic acids is 3. The molecule has 3 amide bonds. The van der Waals surface area contributed by atoms with Crippen molar-refractivity contribution in [2.75, 3.05) is 25.0 Å². The molecular formula is C37H45F3N4O7. The number of hydrogen-bond acceptors (Lipinski definition) is 8. The van der Waals surface area contributed by atoms with E-state index in [1.807, 2.05) is 0 Å². The van der Waals surface area contributed by atoms with Gasteiger partial charge in [0.1, 0.15) is 34.7 Å². The number of aliphatic hydroxyl groups excluding tert-OH is 1. The van der Waals surface area contributed by atoms with Crippen molar-refractivity contribution in [3.05, 3.63) is 95.1 Å². The van der Waals surface area contributed by atoms with Crippen LogP contribution in [0.4, 0.5) is 28.4 Å². The fourth-order valence-corrected chi connectivity index (χ4v) is 5.65. The quantitative estimate of drug-likeness (QED) is 0.229. The molecule has 1 aliphatic heterocycles. The lowest BCUT2D eigenvalue weighted by molar-refractivity contribution is -0.118. The molecule has 2 heterocycles. The van der Waals surface area contributed by atoms with E-state index in [-0.39, 0.29) is 43.8 Å². The predicted octanol–water partition coefficient (Wildman–Crippen LogP) is 6.09. The van der Waals surface area contributed by atoms with Gasteiger partial charge in [-0.3, -0.25) is 9.78 Å². The second-order valence-corrected chi connectivity index (χ2v) is 14.3. The van der Waals surface area contributed by atoms with Crippen LogP contribution >= 0.6 is 0 Å². The van der Waals surface area contributed by atoms with E-state index in [0.29, 0.717) is 11.1 Å². The number of carbonyl (C=O) groups is 3. The monoisotopic (exact) mass is 714 g/mol. The number of benzene rings is 2. The van der Waals surface area contributed by atoms with Crippen LogP contribution in [-0.4, -0.2) is 82.2 Å². The minimum atomic E-state index is -1.43. The number of ether oxygens (including phenoxy) is 3. The fraction of sp³-hybridized carbons (Fsp3) is 0.459. The van der Waals surface area contributed by atoms with E-state index in [0.717, 1.165) is 6.20 Å². The van der Waals surface area contributed by atoms with E-state index in [2.05, 4.69) is 15.6 Å². The zero-order chi connectivity index (χ0) is 37.5. The molecule has 1 fully saturated rings. The molecule has 14 heteroatoms. The molecule has 0 saturated carbocycles. The van der Waals surface area contributed by atoms with Gasteiger partial charge in [0.05, 0.1) is 50.0 Å². The summed E-state index contributed by atoms with van der Waals surface area (Å²) in [7, 11) is 0. The Morgan fingerprint density at radius 3 is 1.96 bits per heavy atom. The van der Waals surface area contributed by atoms with Crippen molar-refractivity contribution in [2.24, 2.45) is 0 Å². The van der Waals surface area contributed by atoms with Gasteiger partial charge in [-0.1, -0.05) is 24.3 Å². The van der Waals surface area contributed by atoms with E-state index < -0.39 is 70.9 Å². The van der Waals surface area contributed by atoms with Gasteiger partial charge in [0, 0.05) is 11.5 Å². The third-order valence-corrected chi connectivity index (χ3v) is 7.81. The van der Waals surface area contributed by atoms with Crippen LogP contribution in [0, 0.1) is 17.5 Å². The molecular weight excluding hydrogens is 669 g/mol. The third-order valence-electron chi connectivity index (χ3n) is 7.81. The second kappa shape index (κ2) is 16.6. The standard InChI is InChI=1S/C37H45F3N4O7/c1-36(2,3)50-34(47)43-32(31(22-7-11-24(38)12-8-22)23-9-13-25(39)14-10-23)33(46)42-30-18-41-17-29(40)28(30)16-15-26-19-44(20-27(21-45)49-26)35(48)51-37(4,5)6/h7-14,17-18,26-27,31-32,45H,15-16,19-21H2,1-6H3,(H,42,46)(H,43,47)/t26-,27+,32?/m1/s1. The maximum atomic E-state index is 15.4. The van der Waals surface area contributed by atoms with Gasteiger partial charge in [-0.15, -0.1) is 0 Å². The number of alkyl carbamates (subject to hydrolysis) is 1. The molecule has 2 aromatic carbocycles. The Hall–Kier alpha value is -4.69. The van der Waals surface area contributed by atoms with Crippen molar-refractivity contribution in [1.82, 2.24) is 15.2 Å². The average molecular weight is 715 g/mol. The molecule has 0 aliphatic carbocycles. The first-order valence-electron chi connectivity index (χ1n) is 16.6. The molecule has 0 radical (unpaired) electrons. The predicted molar refractivity (Wildman–Crippen MR) is 183 cm³/mol. The first-order chi connectivity index (χ1) is 23.9. The summed E-state index contributed by atoms with van der Waals surface area (Å²) in [5, 5.41) is 15.1. The van der Waals surface area contributed by atoms with Gasteiger partial charge in [0.15, 0.2) is 0 Å². The van der Waals surface area contributed by atoms with Crippen molar-refractivity contribution in [1.29, 1.82) is 0 Å². The number of amides is 3. The number of anilines is 1. The molecule has 1 unspecified atom stereocenters. The largest absolute Gasteiger partial charge is 0.444 e. The smallest absolute Gasteiger partial charge is 0.410 e. The van der Waals surface area contributed by atoms with E-state index in [4.69, 9.17) is 14.2 Å². The first-order valence-corrected chi connectivity index (χ1v) is 16.6. The van der Waals surface area contributed by atoms with Gasteiger partial charge in [-0.25, -0.2) is 22.8 Å². The zero-order valence-electron chi connectivity index (χ0n) is 29.5. The average Bonchev–Trinajstić information content (AvgIpc) is 3.04. The normalized spacial score (nSPS) is 17.1. The molecule has 0 spiro atoms. The van der Waals surface area contributed by atoms with E-state index in [1.54, 1.807) is 41.5 Å². The van der Waals surface area contributed by atoms with Gasteiger partial charge in [-0.2, -0.15) is 0 Å². The Balaban J connectivity index is 1.64. The highest BCUT2D eigenvalue weighted by Crippen LogP contribution is 2.31. The molecule has 3 atom stereocenters. The topological polar surface area (TPSA) is 139 Å². The van der Waals surface area contributed by atoms with Gasteiger partial charge >= 0.3 is 12.2 Å². The summed E-state index contributed by atoms with van der Waals surface area (Å²) in [4.78, 5) is 45.5. The van der Waals surface area contributed by atoms with E-state index in [9.17, 15) is 28.3 Å². The summed E-state index contributed by atoms with van der Waals surface area (Å²) >= 11 is 0. The van der Waals surface area contributed by atoms with Gasteiger partial charge in [-0.05, 0) is 89.8 Å². The minimum Gasteiger partial charge on any atom is -0.444 e. The number of aliphatic hydroxyl groups is 1. The number of halogens is 3. The molecule has 1 saturated heterocycles. The summed E-state index contributed by atoms with van der Waals surface area (Å²) in [5.41, 5.74) is -0.755. The molecule has 1 aliphatic rings. The van der Waals surface area contributed by atoms with Crippen LogP contribution in [0.15, 0.2) is 60.9 Å². The van der Waals surface area contributed by atoms with Crippen LogP contribution in [0.5, 0.6) is 0 Å². The summed E-state index contributed by atoms with van der Waals surface area (Å²) in [5.74, 6) is -3.56. The SMILES string of the molecule is CC(C)(C)OC(=O)NC(C(=O)Nc1cncc(F)c1CC[C@@H]1CN(C(=O)OC(C)(C)C)C[C@@H](CO)O1)C(c1ccc(F)cc1)c1ccc(F)cc1. The second-order valence-electron chi connectivity index (χ2n) is 14.3. The summed E-state index contributed by atoms with van der Waals surface area (Å²) in [6, 6.07) is 9.13. The van der Waals surface area contributed by atoms with Gasteiger partial charge in [0.25, 0.3) is 0 Å².